The van der Waals surface area contributed by atoms with E-state index in [2.05, 4.69) is 16.7 Å². The summed E-state index contributed by atoms with van der Waals surface area (Å²) in [6.45, 7) is 1.93. The van der Waals surface area contributed by atoms with Gasteiger partial charge in [0.1, 0.15) is 17.4 Å². The monoisotopic (exact) mass is 444 g/mol. The van der Waals surface area contributed by atoms with Crippen LogP contribution in [0.4, 0.5) is 13.2 Å². The second-order valence-corrected chi connectivity index (χ2v) is 8.30. The minimum Gasteiger partial charge on any atom is -0.406 e. The van der Waals surface area contributed by atoms with E-state index < -0.39 is 23.3 Å². The molecule has 3 aliphatic rings. The first-order chi connectivity index (χ1) is 15.6. The van der Waals surface area contributed by atoms with Gasteiger partial charge in [-0.05, 0) is 52.1 Å². The molecule has 2 N–H and O–H groups in total. The number of hydrogen-bond donors (Lipinski definition) is 1. The SMILES string of the molecule is C#C/C(C#N)=C1\c2ccc3c(c2C2(C)C=CC(N)=CC12)C(=O)c1cc(OC(F)(F)F)ccc1-3. The second-order valence-electron chi connectivity index (χ2n) is 8.30. The van der Waals surface area contributed by atoms with Crippen molar-refractivity contribution in [3.8, 4) is 35.3 Å². The Morgan fingerprint density at radius 3 is 2.55 bits per heavy atom. The van der Waals surface area contributed by atoms with Crippen LogP contribution in [0.3, 0.4) is 0 Å². The third-order valence-electron chi connectivity index (χ3n) is 6.48. The fraction of sp³-hybridized carbons (Fsp3) is 0.154. The lowest BCUT2D eigenvalue weighted by Gasteiger charge is -2.32. The molecule has 5 rings (SSSR count). The van der Waals surface area contributed by atoms with E-state index in [1.54, 1.807) is 12.1 Å². The van der Waals surface area contributed by atoms with E-state index in [4.69, 9.17) is 12.2 Å². The lowest BCUT2D eigenvalue weighted by Crippen LogP contribution is -2.29. The van der Waals surface area contributed by atoms with Gasteiger partial charge in [0.2, 0.25) is 0 Å². The number of rotatable bonds is 1. The van der Waals surface area contributed by atoms with Gasteiger partial charge in [-0.3, -0.25) is 4.79 Å². The summed E-state index contributed by atoms with van der Waals surface area (Å²) in [4.78, 5) is 13.5. The Morgan fingerprint density at radius 1 is 1.18 bits per heavy atom. The predicted octanol–water partition coefficient (Wildman–Crippen LogP) is 5.01. The van der Waals surface area contributed by atoms with Crippen LogP contribution in [0.2, 0.25) is 0 Å². The van der Waals surface area contributed by atoms with Gasteiger partial charge < -0.3 is 10.5 Å². The molecule has 4 nitrogen and oxygen atoms in total. The lowest BCUT2D eigenvalue weighted by atomic mass is 9.71. The standard InChI is InChI=1S/C26H15F3N2O2/c1-3-13(12-30)21-18-7-6-17-16-5-4-15(33-26(27,28)29)11-19(16)24(32)22(17)23(18)25(2)9-8-14(31)10-20(21)25/h1,4-11,20H,31H2,2H3/b21-13-. The molecular formula is C26H15F3N2O2. The average Bonchev–Trinajstić information content (AvgIpc) is 3.17. The fourth-order valence-corrected chi connectivity index (χ4v) is 5.17. The van der Waals surface area contributed by atoms with Crippen LogP contribution in [0.25, 0.3) is 16.7 Å². The molecule has 0 heterocycles. The number of ether oxygens (including phenoxy) is 1. The maximum atomic E-state index is 13.5. The molecule has 0 saturated carbocycles. The zero-order valence-corrected chi connectivity index (χ0v) is 17.2. The molecule has 2 atom stereocenters. The summed E-state index contributed by atoms with van der Waals surface area (Å²) in [5.74, 6) is 1.21. The van der Waals surface area contributed by atoms with Crippen LogP contribution in [0.1, 0.15) is 34.0 Å². The fourth-order valence-electron chi connectivity index (χ4n) is 5.17. The maximum Gasteiger partial charge on any atom is 0.573 e. The van der Waals surface area contributed by atoms with Crippen molar-refractivity contribution in [2.75, 3.05) is 0 Å². The molecule has 2 unspecified atom stereocenters. The second kappa shape index (κ2) is 6.63. The predicted molar refractivity (Wildman–Crippen MR) is 116 cm³/mol. The molecule has 0 radical (unpaired) electrons. The number of halogens is 3. The van der Waals surface area contributed by atoms with Crippen LogP contribution in [0, 0.1) is 29.6 Å². The van der Waals surface area contributed by atoms with Crippen molar-refractivity contribution < 1.29 is 22.7 Å². The quantitative estimate of drug-likeness (QED) is 0.423. The van der Waals surface area contributed by atoms with E-state index in [-0.39, 0.29) is 17.1 Å². The van der Waals surface area contributed by atoms with Crippen molar-refractivity contribution >= 4 is 11.4 Å². The van der Waals surface area contributed by atoms with Gasteiger partial charge in [0.15, 0.2) is 5.78 Å². The number of alkyl halides is 3. The van der Waals surface area contributed by atoms with Gasteiger partial charge in [-0.15, -0.1) is 19.6 Å². The van der Waals surface area contributed by atoms with Gasteiger partial charge in [-0.25, -0.2) is 0 Å². The largest absolute Gasteiger partial charge is 0.573 e. The minimum absolute atomic E-state index is 0.130. The first kappa shape index (κ1) is 20.7. The van der Waals surface area contributed by atoms with Crippen LogP contribution < -0.4 is 10.5 Å². The maximum absolute atomic E-state index is 13.5. The molecule has 0 fully saturated rings. The Kier molecular flexibility index (Phi) is 4.15. The van der Waals surface area contributed by atoms with Crippen molar-refractivity contribution in [1.82, 2.24) is 0 Å². The first-order valence-corrected chi connectivity index (χ1v) is 9.99. The van der Waals surface area contributed by atoms with Crippen LogP contribution in [0.5, 0.6) is 5.75 Å². The van der Waals surface area contributed by atoms with Gasteiger partial charge in [-0.1, -0.05) is 37.1 Å². The molecule has 0 amide bonds. The highest BCUT2D eigenvalue weighted by Gasteiger charge is 2.50. The van der Waals surface area contributed by atoms with Crippen molar-refractivity contribution in [3.05, 3.63) is 82.1 Å². The van der Waals surface area contributed by atoms with Crippen LogP contribution in [0.15, 0.2) is 59.8 Å². The number of nitriles is 1. The highest BCUT2D eigenvalue weighted by atomic mass is 19.4. The molecule has 2 aromatic rings. The average molecular weight is 444 g/mol. The Hall–Kier alpha value is -4.23. The number of ketones is 1. The number of nitrogens with two attached hydrogens (primary N) is 1. The molecule has 2 aromatic carbocycles. The summed E-state index contributed by atoms with van der Waals surface area (Å²) in [5.41, 5.74) is 9.60. The molecule has 0 bridgehead atoms. The Bertz CT molecular complexity index is 1430. The van der Waals surface area contributed by atoms with Crippen molar-refractivity contribution in [1.29, 1.82) is 5.26 Å². The summed E-state index contributed by atoms with van der Waals surface area (Å²) < 4.78 is 42.1. The van der Waals surface area contributed by atoms with Crippen LogP contribution >= 0.6 is 0 Å². The number of allylic oxidation sites excluding steroid dienone is 5. The Balaban J connectivity index is 1.77. The Labute approximate surface area is 187 Å². The molecule has 7 heteroatoms. The molecule has 0 aliphatic heterocycles. The number of benzene rings is 2. The van der Waals surface area contributed by atoms with Gasteiger partial charge in [0.05, 0.1) is 0 Å². The van der Waals surface area contributed by atoms with E-state index >= 15 is 0 Å². The topological polar surface area (TPSA) is 76.1 Å². The number of fused-ring (bicyclic) bond motifs is 7. The van der Waals surface area contributed by atoms with Gasteiger partial charge in [0, 0.05) is 28.2 Å². The summed E-state index contributed by atoms with van der Waals surface area (Å²) in [6.07, 6.45) is 6.20. The van der Waals surface area contributed by atoms with E-state index in [1.165, 1.54) is 12.1 Å². The summed E-state index contributed by atoms with van der Waals surface area (Å²) in [6, 6.07) is 9.37. The van der Waals surface area contributed by atoms with E-state index in [1.807, 2.05) is 25.1 Å². The molecule has 0 spiro atoms. The molecule has 0 saturated heterocycles. The van der Waals surface area contributed by atoms with E-state index in [0.717, 1.165) is 6.07 Å². The number of hydrogen-bond acceptors (Lipinski definition) is 4. The highest BCUT2D eigenvalue weighted by Crippen LogP contribution is 2.58. The molecule has 162 valence electrons. The number of carbonyl (C=O) groups excluding carboxylic acids is 1. The van der Waals surface area contributed by atoms with Crippen molar-refractivity contribution in [2.24, 2.45) is 11.7 Å². The van der Waals surface area contributed by atoms with Gasteiger partial charge in [0.25, 0.3) is 0 Å². The van der Waals surface area contributed by atoms with E-state index in [9.17, 15) is 23.2 Å². The third kappa shape index (κ3) is 2.83. The lowest BCUT2D eigenvalue weighted by molar-refractivity contribution is -0.274. The zero-order valence-electron chi connectivity index (χ0n) is 17.2. The van der Waals surface area contributed by atoms with Gasteiger partial charge >= 0.3 is 6.36 Å². The molecule has 3 aliphatic carbocycles. The summed E-state index contributed by atoms with van der Waals surface area (Å²) in [7, 11) is 0. The first-order valence-electron chi connectivity index (χ1n) is 9.99. The molecule has 33 heavy (non-hydrogen) atoms. The molecular weight excluding hydrogens is 429 g/mol. The van der Waals surface area contributed by atoms with Crippen LogP contribution in [-0.4, -0.2) is 12.1 Å². The minimum atomic E-state index is -4.87. The van der Waals surface area contributed by atoms with Crippen molar-refractivity contribution in [2.45, 2.75) is 18.7 Å². The number of terminal acetylenes is 1. The summed E-state index contributed by atoms with van der Waals surface area (Å²) in [5, 5.41) is 9.67. The normalized spacial score (nSPS) is 23.5. The summed E-state index contributed by atoms with van der Waals surface area (Å²) >= 11 is 0. The van der Waals surface area contributed by atoms with E-state index in [0.29, 0.717) is 39.1 Å². The molecule has 0 aromatic heterocycles. The zero-order chi connectivity index (χ0) is 23.7. The highest BCUT2D eigenvalue weighted by molar-refractivity contribution is 6.23. The Morgan fingerprint density at radius 2 is 1.88 bits per heavy atom. The third-order valence-corrected chi connectivity index (χ3v) is 6.48. The number of carbonyl (C=O) groups is 1. The van der Waals surface area contributed by atoms with Crippen molar-refractivity contribution in [3.63, 3.8) is 0 Å². The number of nitrogens with zero attached hydrogens (tertiary/aromatic N) is 1. The smallest absolute Gasteiger partial charge is 0.406 e. The van der Waals surface area contributed by atoms with Crippen LogP contribution in [-0.2, 0) is 5.41 Å². The van der Waals surface area contributed by atoms with Gasteiger partial charge in [-0.2, -0.15) is 5.26 Å².